The second-order valence-corrected chi connectivity index (χ2v) is 2.35. The second-order valence-electron chi connectivity index (χ2n) is 2.35. The fourth-order valence-corrected chi connectivity index (χ4v) is 0.998. The molecule has 0 N–H and O–H groups in total. The van der Waals surface area contributed by atoms with Crippen LogP contribution in [0.25, 0.3) is 5.70 Å². The van der Waals surface area contributed by atoms with E-state index >= 15 is 0 Å². The van der Waals surface area contributed by atoms with Crippen molar-refractivity contribution in [1.29, 1.82) is 0 Å². The smallest absolute Gasteiger partial charge is 0.240 e. The van der Waals surface area contributed by atoms with Gasteiger partial charge in [0.05, 0.1) is 12.8 Å². The molecule has 1 aromatic carbocycles. The van der Waals surface area contributed by atoms with Gasteiger partial charge in [0.15, 0.2) is 0 Å². The summed E-state index contributed by atoms with van der Waals surface area (Å²) in [6.07, 6.45) is 1.44. The number of hydrogen-bond donors (Lipinski definition) is 0. The number of para-hydroxylation sites is 1. The van der Waals surface area contributed by atoms with Crippen LogP contribution in [0.4, 0.5) is 0 Å². The molecule has 0 spiro atoms. The van der Waals surface area contributed by atoms with E-state index in [1.165, 1.54) is 6.08 Å². The molecule has 0 bridgehead atoms. The highest BCUT2D eigenvalue weighted by molar-refractivity contribution is 5.71. The van der Waals surface area contributed by atoms with Crippen LogP contribution in [0.15, 0.2) is 35.8 Å². The number of hydrogen-bond acceptors (Lipinski definition) is 3. The predicted octanol–water partition coefficient (Wildman–Crippen LogP) is 2.00. The minimum absolute atomic E-state index is 0.354. The molecule has 0 amide bonds. The van der Waals surface area contributed by atoms with E-state index < -0.39 is 0 Å². The lowest BCUT2D eigenvalue weighted by Gasteiger charge is -2.05. The molecule has 0 aliphatic heterocycles. The molecule has 1 aromatic rings. The van der Waals surface area contributed by atoms with Crippen LogP contribution in [0.1, 0.15) is 5.56 Å². The number of isocyanates is 1. The molecule has 0 atom stereocenters. The summed E-state index contributed by atoms with van der Waals surface area (Å²) in [6.45, 7) is 3.61. The van der Waals surface area contributed by atoms with Gasteiger partial charge in [-0.2, -0.15) is 4.99 Å². The molecule has 0 heterocycles. The molecule has 0 unspecified atom stereocenters. The van der Waals surface area contributed by atoms with Crippen molar-refractivity contribution in [2.45, 2.75) is 0 Å². The number of rotatable bonds is 3. The van der Waals surface area contributed by atoms with Gasteiger partial charge in [-0.15, -0.1) is 0 Å². The normalized spacial score (nSPS) is 8.69. The van der Waals surface area contributed by atoms with Crippen LogP contribution in [0.2, 0.25) is 0 Å². The van der Waals surface area contributed by atoms with Gasteiger partial charge in [-0.25, -0.2) is 4.79 Å². The molecule has 13 heavy (non-hydrogen) atoms. The van der Waals surface area contributed by atoms with E-state index in [0.29, 0.717) is 17.0 Å². The highest BCUT2D eigenvalue weighted by atomic mass is 16.5. The molecule has 3 nitrogen and oxygen atoms in total. The zero-order chi connectivity index (χ0) is 9.68. The predicted molar refractivity (Wildman–Crippen MR) is 50.1 cm³/mol. The molecule has 0 aromatic heterocycles. The summed E-state index contributed by atoms with van der Waals surface area (Å²) in [7, 11) is 1.55. The topological polar surface area (TPSA) is 38.7 Å². The first-order valence-corrected chi connectivity index (χ1v) is 3.69. The van der Waals surface area contributed by atoms with Crippen LogP contribution in [0.5, 0.6) is 5.75 Å². The Kier molecular flexibility index (Phi) is 3.01. The number of nitrogens with zero attached hydrogens (tertiary/aromatic N) is 1. The molecule has 66 valence electrons. The maximum atomic E-state index is 9.99. The van der Waals surface area contributed by atoms with E-state index in [0.717, 1.165) is 0 Å². The summed E-state index contributed by atoms with van der Waals surface area (Å²) in [5.41, 5.74) is 1.06. The van der Waals surface area contributed by atoms with Gasteiger partial charge >= 0.3 is 0 Å². The first-order valence-electron chi connectivity index (χ1n) is 3.69. The Morgan fingerprint density at radius 1 is 1.54 bits per heavy atom. The van der Waals surface area contributed by atoms with E-state index in [2.05, 4.69) is 11.6 Å². The van der Waals surface area contributed by atoms with Crippen LogP contribution < -0.4 is 4.74 Å². The average molecular weight is 175 g/mol. The Bertz CT molecular complexity index is 365. The molecular weight excluding hydrogens is 166 g/mol. The molecule has 3 heteroatoms. The van der Waals surface area contributed by atoms with Crippen molar-refractivity contribution in [3.05, 3.63) is 36.4 Å². The Morgan fingerprint density at radius 2 is 2.23 bits per heavy atom. The van der Waals surface area contributed by atoms with Crippen molar-refractivity contribution in [2.75, 3.05) is 7.11 Å². The van der Waals surface area contributed by atoms with Gasteiger partial charge in [0, 0.05) is 5.56 Å². The zero-order valence-corrected chi connectivity index (χ0v) is 7.28. The lowest BCUT2D eigenvalue weighted by molar-refractivity contribution is 0.413. The van der Waals surface area contributed by atoms with Gasteiger partial charge < -0.3 is 4.74 Å². The lowest BCUT2D eigenvalue weighted by atomic mass is 10.1. The summed E-state index contributed by atoms with van der Waals surface area (Å²) in [4.78, 5) is 13.4. The van der Waals surface area contributed by atoms with Gasteiger partial charge in [-0.3, -0.25) is 0 Å². The highest BCUT2D eigenvalue weighted by Gasteiger charge is 2.03. The Hall–Kier alpha value is -1.86. The molecule has 0 aliphatic rings. The maximum absolute atomic E-state index is 9.99. The fraction of sp³-hybridized carbons (Fsp3) is 0.100. The van der Waals surface area contributed by atoms with Gasteiger partial charge in [0.25, 0.3) is 0 Å². The minimum Gasteiger partial charge on any atom is -0.496 e. The Labute approximate surface area is 76.4 Å². The standard InChI is InChI=1S/C10H9NO2/c1-8(11-7-12)9-5-3-4-6-10(9)13-2/h3-6H,1H2,2H3. The number of aliphatic imine (C=N–C) groups is 1. The van der Waals surface area contributed by atoms with Gasteiger partial charge in [-0.1, -0.05) is 18.7 Å². The average Bonchev–Trinajstić information content (AvgIpc) is 2.18. The van der Waals surface area contributed by atoms with Gasteiger partial charge in [-0.05, 0) is 12.1 Å². The van der Waals surface area contributed by atoms with Crippen molar-refractivity contribution in [3.8, 4) is 5.75 Å². The molecule has 0 saturated carbocycles. The molecule has 0 aliphatic carbocycles. The first-order chi connectivity index (χ1) is 6.29. The minimum atomic E-state index is 0.354. The third-order valence-electron chi connectivity index (χ3n) is 1.60. The van der Waals surface area contributed by atoms with Crippen molar-refractivity contribution >= 4 is 11.8 Å². The Balaban J connectivity index is 3.12. The fourth-order valence-electron chi connectivity index (χ4n) is 0.998. The molecule has 0 radical (unpaired) electrons. The van der Waals surface area contributed by atoms with Gasteiger partial charge in [0.2, 0.25) is 6.08 Å². The maximum Gasteiger partial charge on any atom is 0.240 e. The van der Waals surface area contributed by atoms with E-state index in [-0.39, 0.29) is 0 Å². The number of benzene rings is 1. The largest absolute Gasteiger partial charge is 0.496 e. The van der Waals surface area contributed by atoms with Crippen LogP contribution in [0.3, 0.4) is 0 Å². The molecule has 1 rings (SSSR count). The van der Waals surface area contributed by atoms with Crippen LogP contribution >= 0.6 is 0 Å². The zero-order valence-electron chi connectivity index (χ0n) is 7.28. The van der Waals surface area contributed by atoms with E-state index in [9.17, 15) is 4.79 Å². The molecule has 0 fully saturated rings. The number of methoxy groups -OCH3 is 1. The summed E-state index contributed by atoms with van der Waals surface area (Å²) in [6, 6.07) is 7.21. The van der Waals surface area contributed by atoms with Crippen LogP contribution in [0, 0.1) is 0 Å². The third-order valence-corrected chi connectivity index (χ3v) is 1.60. The molecule has 0 saturated heterocycles. The number of ether oxygens (including phenoxy) is 1. The van der Waals surface area contributed by atoms with E-state index in [1.807, 2.05) is 12.1 Å². The monoisotopic (exact) mass is 175 g/mol. The van der Waals surface area contributed by atoms with Crippen molar-refractivity contribution in [3.63, 3.8) is 0 Å². The third kappa shape index (κ3) is 2.04. The first kappa shape index (κ1) is 9.23. The van der Waals surface area contributed by atoms with Crippen molar-refractivity contribution < 1.29 is 9.53 Å². The Morgan fingerprint density at radius 3 is 2.85 bits per heavy atom. The highest BCUT2D eigenvalue weighted by Crippen LogP contribution is 2.24. The van der Waals surface area contributed by atoms with Crippen molar-refractivity contribution in [2.24, 2.45) is 4.99 Å². The summed E-state index contributed by atoms with van der Waals surface area (Å²) < 4.78 is 5.06. The molecular formula is C10H9NO2. The summed E-state index contributed by atoms with van der Waals surface area (Å²) >= 11 is 0. The van der Waals surface area contributed by atoms with Crippen molar-refractivity contribution in [1.82, 2.24) is 0 Å². The SMILES string of the molecule is C=C(N=C=O)c1ccccc1OC. The quantitative estimate of drug-likeness (QED) is 0.520. The second kappa shape index (κ2) is 4.24. The van der Waals surface area contributed by atoms with Gasteiger partial charge in [0.1, 0.15) is 5.75 Å². The van der Waals surface area contributed by atoms with E-state index in [4.69, 9.17) is 4.74 Å². The number of carbonyl (C=O) groups excluding carboxylic acids is 1. The van der Waals surface area contributed by atoms with Crippen LogP contribution in [-0.2, 0) is 4.79 Å². The van der Waals surface area contributed by atoms with E-state index in [1.54, 1.807) is 19.2 Å². The summed E-state index contributed by atoms with van der Waals surface area (Å²) in [5, 5.41) is 0. The lowest BCUT2D eigenvalue weighted by Crippen LogP contribution is -1.88. The van der Waals surface area contributed by atoms with Crippen LogP contribution in [-0.4, -0.2) is 13.2 Å². The summed E-state index contributed by atoms with van der Waals surface area (Å²) in [5.74, 6) is 0.645.